The molecule has 0 bridgehead atoms. The molecule has 4 N–H and O–H groups in total. The molecule has 29 heavy (non-hydrogen) atoms. The number of aryl methyl sites for hydroxylation is 1. The molecule has 0 radical (unpaired) electrons. The van der Waals surface area contributed by atoms with Crippen LogP contribution in [-0.4, -0.2) is 20.7 Å². The molecular formula is C21H17FN4O3. The van der Waals surface area contributed by atoms with E-state index in [1.165, 1.54) is 29.0 Å². The summed E-state index contributed by atoms with van der Waals surface area (Å²) in [6.07, 6.45) is 2.91. The molecular weight excluding hydrogens is 375 g/mol. The molecule has 2 aromatic carbocycles. The number of halogens is 1. The quantitative estimate of drug-likeness (QED) is 0.459. The maximum atomic E-state index is 13.3. The van der Waals surface area contributed by atoms with Crippen LogP contribution >= 0.6 is 0 Å². The van der Waals surface area contributed by atoms with Gasteiger partial charge in [-0.3, -0.25) is 0 Å². The summed E-state index contributed by atoms with van der Waals surface area (Å²) in [6, 6.07) is 12.9. The minimum Gasteiger partial charge on any atom is -0.478 e. The fraction of sp³-hybridized carbons (Fsp3) is 0.0476. The van der Waals surface area contributed by atoms with E-state index >= 15 is 0 Å². The molecule has 4 aromatic rings. The lowest BCUT2D eigenvalue weighted by Crippen LogP contribution is -2.02. The normalized spacial score (nSPS) is 10.8. The second kappa shape index (κ2) is 7.16. The van der Waals surface area contributed by atoms with Crippen LogP contribution in [0.2, 0.25) is 0 Å². The zero-order valence-corrected chi connectivity index (χ0v) is 15.4. The number of anilines is 3. The van der Waals surface area contributed by atoms with Gasteiger partial charge < -0.3 is 20.9 Å². The van der Waals surface area contributed by atoms with Gasteiger partial charge in [0.15, 0.2) is 0 Å². The maximum absolute atomic E-state index is 13.3. The molecule has 0 unspecified atom stereocenters. The molecule has 2 heterocycles. The van der Waals surface area contributed by atoms with E-state index in [-0.39, 0.29) is 11.4 Å². The summed E-state index contributed by atoms with van der Waals surface area (Å²) in [7, 11) is 0. The number of rotatable bonds is 5. The molecule has 146 valence electrons. The number of fused-ring (bicyclic) bond motifs is 1. The lowest BCUT2D eigenvalue weighted by Gasteiger charge is -2.13. The van der Waals surface area contributed by atoms with Crippen molar-refractivity contribution < 1.29 is 19.0 Å². The maximum Gasteiger partial charge on any atom is 0.337 e. The smallest absolute Gasteiger partial charge is 0.337 e. The van der Waals surface area contributed by atoms with Gasteiger partial charge in [-0.1, -0.05) is 6.07 Å². The molecule has 0 atom stereocenters. The number of nitrogens with one attached hydrogen (secondary N) is 1. The van der Waals surface area contributed by atoms with Crippen molar-refractivity contribution in [3.8, 4) is 11.5 Å². The average molecular weight is 392 g/mol. The molecule has 0 aliphatic rings. The molecule has 0 saturated heterocycles. The number of aromatic carboxylic acids is 1. The number of nitrogens with zero attached hydrogens (tertiary/aromatic N) is 2. The van der Waals surface area contributed by atoms with Crippen LogP contribution < -0.4 is 15.8 Å². The number of nitrogens with two attached hydrogens (primary N) is 1. The van der Waals surface area contributed by atoms with E-state index in [1.54, 1.807) is 43.3 Å². The predicted octanol–water partition coefficient (Wildman–Crippen LogP) is 4.60. The summed E-state index contributed by atoms with van der Waals surface area (Å²) in [5.74, 6) is -0.463. The second-order valence-electron chi connectivity index (χ2n) is 6.45. The molecule has 0 saturated carbocycles. The highest BCUT2D eigenvalue weighted by Crippen LogP contribution is 2.32. The van der Waals surface area contributed by atoms with Crippen LogP contribution in [0.25, 0.3) is 5.52 Å². The van der Waals surface area contributed by atoms with Gasteiger partial charge in [0.05, 0.1) is 28.7 Å². The Morgan fingerprint density at radius 2 is 1.97 bits per heavy atom. The number of nitrogen functional groups attached to an aromatic ring is 1. The molecule has 0 amide bonds. The van der Waals surface area contributed by atoms with Gasteiger partial charge in [0.25, 0.3) is 0 Å². The molecule has 8 heteroatoms. The molecule has 0 aliphatic heterocycles. The number of carboxylic acid groups (broad SMARTS) is 1. The number of hydrogen-bond acceptors (Lipinski definition) is 5. The van der Waals surface area contributed by atoms with E-state index in [1.807, 2.05) is 0 Å². The van der Waals surface area contributed by atoms with Gasteiger partial charge in [0, 0.05) is 18.0 Å². The van der Waals surface area contributed by atoms with Crippen LogP contribution in [0, 0.1) is 12.7 Å². The first-order chi connectivity index (χ1) is 13.9. The summed E-state index contributed by atoms with van der Waals surface area (Å²) in [5.41, 5.74) is 9.05. The molecule has 0 aliphatic carbocycles. The van der Waals surface area contributed by atoms with Crippen LogP contribution in [0.3, 0.4) is 0 Å². The second-order valence-corrected chi connectivity index (χ2v) is 6.45. The lowest BCUT2D eigenvalue weighted by molar-refractivity contribution is 0.0696. The highest BCUT2D eigenvalue weighted by atomic mass is 19.1. The number of carboxylic acids is 1. The molecule has 0 spiro atoms. The van der Waals surface area contributed by atoms with E-state index < -0.39 is 5.97 Å². The van der Waals surface area contributed by atoms with Crippen LogP contribution in [0.4, 0.5) is 21.5 Å². The van der Waals surface area contributed by atoms with Crippen LogP contribution in [-0.2, 0) is 0 Å². The lowest BCUT2D eigenvalue weighted by atomic mass is 10.1. The Bertz CT molecular complexity index is 1220. The summed E-state index contributed by atoms with van der Waals surface area (Å²) in [5, 5.41) is 16.7. The largest absolute Gasteiger partial charge is 0.478 e. The van der Waals surface area contributed by atoms with Gasteiger partial charge in [-0.15, -0.1) is 0 Å². The summed E-state index contributed by atoms with van der Waals surface area (Å²) >= 11 is 0. The Labute approximate surface area is 165 Å². The van der Waals surface area contributed by atoms with Crippen molar-refractivity contribution in [1.29, 1.82) is 0 Å². The van der Waals surface area contributed by atoms with E-state index in [4.69, 9.17) is 10.5 Å². The summed E-state index contributed by atoms with van der Waals surface area (Å²) in [6.45, 7) is 1.71. The molecule has 7 nitrogen and oxygen atoms in total. The van der Waals surface area contributed by atoms with Crippen molar-refractivity contribution in [2.45, 2.75) is 6.92 Å². The van der Waals surface area contributed by atoms with Crippen molar-refractivity contribution in [1.82, 2.24) is 9.61 Å². The van der Waals surface area contributed by atoms with Gasteiger partial charge in [-0.2, -0.15) is 5.10 Å². The molecule has 0 fully saturated rings. The van der Waals surface area contributed by atoms with E-state index in [2.05, 4.69) is 10.4 Å². The molecule has 4 rings (SSSR count). The minimum absolute atomic E-state index is 0.157. The predicted molar refractivity (Wildman–Crippen MR) is 107 cm³/mol. The van der Waals surface area contributed by atoms with Crippen molar-refractivity contribution >= 4 is 28.5 Å². The van der Waals surface area contributed by atoms with Crippen molar-refractivity contribution in [3.05, 3.63) is 77.9 Å². The highest BCUT2D eigenvalue weighted by Gasteiger charge is 2.18. The first-order valence-corrected chi connectivity index (χ1v) is 8.72. The summed E-state index contributed by atoms with van der Waals surface area (Å²) in [4.78, 5) is 11.4. The van der Waals surface area contributed by atoms with E-state index in [9.17, 15) is 14.3 Å². The fourth-order valence-electron chi connectivity index (χ4n) is 3.07. The highest BCUT2D eigenvalue weighted by molar-refractivity contribution is 5.97. The standard InChI is InChI=1S/C21H17FN4O3/c1-12-17(21(27)28)11-26-20(12)19(18(23)10-24-26)25-14-5-7-15(8-6-14)29-16-4-2-3-13(22)9-16/h2-11,25H,23H2,1H3,(H,27,28). The third-order valence-electron chi connectivity index (χ3n) is 4.47. The van der Waals surface area contributed by atoms with Crippen molar-refractivity contribution in [2.75, 3.05) is 11.1 Å². The fourth-order valence-corrected chi connectivity index (χ4v) is 3.07. The van der Waals surface area contributed by atoms with Crippen molar-refractivity contribution in [2.24, 2.45) is 0 Å². The van der Waals surface area contributed by atoms with Crippen molar-refractivity contribution in [3.63, 3.8) is 0 Å². The minimum atomic E-state index is -1.03. The molecule has 2 aromatic heterocycles. The third kappa shape index (κ3) is 3.55. The number of hydrogen-bond donors (Lipinski definition) is 3. The average Bonchev–Trinajstić information content (AvgIpc) is 3.03. The zero-order valence-electron chi connectivity index (χ0n) is 15.4. The number of aromatic nitrogens is 2. The first-order valence-electron chi connectivity index (χ1n) is 8.72. The third-order valence-corrected chi connectivity index (χ3v) is 4.47. The van der Waals surface area contributed by atoms with E-state index in [0.717, 1.165) is 0 Å². The summed E-state index contributed by atoms with van der Waals surface area (Å²) < 4.78 is 20.4. The van der Waals surface area contributed by atoms with Crippen LogP contribution in [0.15, 0.2) is 60.9 Å². The zero-order chi connectivity index (χ0) is 20.5. The number of ether oxygens (including phenoxy) is 1. The Balaban J connectivity index is 1.63. The van der Waals surface area contributed by atoms with Gasteiger partial charge in [-0.25, -0.2) is 13.7 Å². The van der Waals surface area contributed by atoms with Gasteiger partial charge in [-0.05, 0) is 48.9 Å². The Morgan fingerprint density at radius 1 is 1.21 bits per heavy atom. The Hall–Kier alpha value is -4.07. The van der Waals surface area contributed by atoms with E-state index in [0.29, 0.717) is 39.6 Å². The topological polar surface area (TPSA) is 102 Å². The number of carbonyl (C=O) groups is 1. The Kier molecular flexibility index (Phi) is 4.52. The monoisotopic (exact) mass is 392 g/mol. The Morgan fingerprint density at radius 3 is 2.66 bits per heavy atom. The van der Waals surface area contributed by atoms with Gasteiger partial charge in [0.2, 0.25) is 0 Å². The van der Waals surface area contributed by atoms with Gasteiger partial charge in [0.1, 0.15) is 17.3 Å². The van der Waals surface area contributed by atoms with Gasteiger partial charge >= 0.3 is 5.97 Å². The van der Waals surface area contributed by atoms with Crippen LogP contribution in [0.1, 0.15) is 15.9 Å². The first kappa shape index (κ1) is 18.3. The SMILES string of the molecule is Cc1c(C(=O)O)cn2ncc(N)c(Nc3ccc(Oc4cccc(F)c4)cc3)c12. The van der Waals surface area contributed by atoms with Crippen LogP contribution in [0.5, 0.6) is 11.5 Å². The number of benzene rings is 2.